The van der Waals surface area contributed by atoms with E-state index in [1.54, 1.807) is 24.5 Å². The first kappa shape index (κ1) is 13.0. The zero-order chi connectivity index (χ0) is 13.0. The fraction of sp³-hybridized carbons (Fsp3) is 0.0714. The van der Waals surface area contributed by atoms with Gasteiger partial charge in [-0.25, -0.2) is 4.39 Å². The number of halogens is 2. The molecular formula is C14H9FINO. The first-order chi connectivity index (χ1) is 8.66. The number of rotatable bonds is 2. The van der Waals surface area contributed by atoms with Crippen molar-refractivity contribution in [3.05, 3.63) is 65.7 Å². The summed E-state index contributed by atoms with van der Waals surface area (Å²) >= 11 is 1.86. The molecule has 0 aliphatic rings. The molecule has 1 aromatic carbocycles. The second-order valence-corrected chi connectivity index (χ2v) is 4.21. The van der Waals surface area contributed by atoms with E-state index in [9.17, 15) is 9.50 Å². The van der Waals surface area contributed by atoms with Gasteiger partial charge in [0.1, 0.15) is 5.82 Å². The summed E-state index contributed by atoms with van der Waals surface area (Å²) in [6.07, 6.45) is 3.16. The van der Waals surface area contributed by atoms with E-state index in [2.05, 4.69) is 14.8 Å². The zero-order valence-electron chi connectivity index (χ0n) is 9.27. The number of hydrogen-bond acceptors (Lipinski definition) is 2. The van der Waals surface area contributed by atoms with Crippen LogP contribution in [0.4, 0.5) is 4.39 Å². The molecule has 0 amide bonds. The largest absolute Gasteiger partial charge is 0.369 e. The Kier molecular flexibility index (Phi) is 3.94. The van der Waals surface area contributed by atoms with Crippen molar-refractivity contribution in [2.24, 2.45) is 0 Å². The van der Waals surface area contributed by atoms with Crippen molar-refractivity contribution in [1.29, 1.82) is 0 Å². The lowest BCUT2D eigenvalue weighted by Crippen LogP contribution is -2.25. The molecular weight excluding hydrogens is 344 g/mol. The van der Waals surface area contributed by atoms with Gasteiger partial charge < -0.3 is 5.11 Å². The van der Waals surface area contributed by atoms with Gasteiger partial charge >= 0.3 is 0 Å². The van der Waals surface area contributed by atoms with Crippen LogP contribution in [0.1, 0.15) is 11.1 Å². The lowest BCUT2D eigenvalue weighted by Gasteiger charge is -2.23. The molecule has 2 rings (SSSR count). The standard InChI is InChI=1S/C14H9FINO/c15-13-3-1-11(2-4-13)14(18,7-8-16)12-5-9-17-10-6-12/h1-6,9-10,18H. The molecule has 0 radical (unpaired) electrons. The summed E-state index contributed by atoms with van der Waals surface area (Å²) in [5.74, 6) is 2.40. The highest BCUT2D eigenvalue weighted by Gasteiger charge is 2.29. The maximum Gasteiger partial charge on any atom is 0.177 e. The van der Waals surface area contributed by atoms with Crippen molar-refractivity contribution in [3.8, 4) is 9.85 Å². The quantitative estimate of drug-likeness (QED) is 0.665. The molecule has 0 aliphatic carbocycles. The average Bonchev–Trinajstić information content (AvgIpc) is 2.40. The minimum absolute atomic E-state index is 0.349. The highest BCUT2D eigenvalue weighted by atomic mass is 127. The third kappa shape index (κ3) is 2.52. The van der Waals surface area contributed by atoms with Gasteiger partial charge in [-0.05, 0) is 34.1 Å². The summed E-state index contributed by atoms with van der Waals surface area (Å²) in [5.41, 5.74) is -0.315. The molecule has 0 aliphatic heterocycles. The lowest BCUT2D eigenvalue weighted by atomic mass is 9.88. The van der Waals surface area contributed by atoms with Gasteiger partial charge in [-0.3, -0.25) is 4.98 Å². The number of aliphatic hydroxyl groups is 1. The summed E-state index contributed by atoms with van der Waals surface area (Å²) in [4.78, 5) is 3.91. The maximum atomic E-state index is 12.9. The van der Waals surface area contributed by atoms with E-state index in [0.29, 0.717) is 11.1 Å². The Hall–Kier alpha value is -1.45. The third-order valence-electron chi connectivity index (χ3n) is 2.59. The van der Waals surface area contributed by atoms with Gasteiger partial charge in [0.2, 0.25) is 0 Å². The highest BCUT2D eigenvalue weighted by Crippen LogP contribution is 2.28. The van der Waals surface area contributed by atoms with Crippen LogP contribution in [-0.2, 0) is 5.60 Å². The Morgan fingerprint density at radius 3 is 2.17 bits per heavy atom. The van der Waals surface area contributed by atoms with Gasteiger partial charge in [0.05, 0.1) is 0 Å². The fourth-order valence-electron chi connectivity index (χ4n) is 1.66. The van der Waals surface area contributed by atoms with E-state index in [4.69, 9.17) is 0 Å². The number of aromatic nitrogens is 1. The van der Waals surface area contributed by atoms with Crippen molar-refractivity contribution in [3.63, 3.8) is 0 Å². The van der Waals surface area contributed by atoms with Crippen LogP contribution < -0.4 is 0 Å². The van der Waals surface area contributed by atoms with Crippen LogP contribution in [0.3, 0.4) is 0 Å². The van der Waals surface area contributed by atoms with E-state index < -0.39 is 5.60 Å². The summed E-state index contributed by atoms with van der Waals surface area (Å²) in [7, 11) is 0. The van der Waals surface area contributed by atoms with Gasteiger partial charge in [-0.2, -0.15) is 0 Å². The number of benzene rings is 1. The van der Waals surface area contributed by atoms with Crippen molar-refractivity contribution in [1.82, 2.24) is 4.98 Å². The second kappa shape index (κ2) is 5.46. The monoisotopic (exact) mass is 353 g/mol. The molecule has 0 bridgehead atoms. The highest BCUT2D eigenvalue weighted by molar-refractivity contribution is 14.1. The van der Waals surface area contributed by atoms with E-state index in [-0.39, 0.29) is 5.82 Å². The Morgan fingerprint density at radius 1 is 1.06 bits per heavy atom. The van der Waals surface area contributed by atoms with Crippen LogP contribution in [-0.4, -0.2) is 10.1 Å². The van der Waals surface area contributed by atoms with Gasteiger partial charge in [-0.15, -0.1) is 0 Å². The van der Waals surface area contributed by atoms with Crippen LogP contribution in [0.15, 0.2) is 48.8 Å². The SMILES string of the molecule is OC(C#CI)(c1ccncc1)c1ccc(F)cc1. The number of nitrogens with zero attached hydrogens (tertiary/aromatic N) is 1. The molecule has 1 heterocycles. The van der Waals surface area contributed by atoms with Crippen LogP contribution in [0.2, 0.25) is 0 Å². The molecule has 1 aromatic heterocycles. The van der Waals surface area contributed by atoms with Gasteiger partial charge in [-0.1, -0.05) is 12.1 Å². The first-order valence-corrected chi connectivity index (χ1v) is 6.26. The summed E-state index contributed by atoms with van der Waals surface area (Å²) in [5, 5.41) is 10.7. The van der Waals surface area contributed by atoms with E-state index in [0.717, 1.165) is 0 Å². The molecule has 4 heteroatoms. The lowest BCUT2D eigenvalue weighted by molar-refractivity contribution is 0.145. The maximum absolute atomic E-state index is 12.9. The Balaban J connectivity index is 2.57. The molecule has 2 aromatic rings. The normalized spacial score (nSPS) is 13.3. The molecule has 1 N–H and O–H groups in total. The van der Waals surface area contributed by atoms with Gasteiger partial charge in [0.25, 0.3) is 0 Å². The molecule has 2 nitrogen and oxygen atoms in total. The summed E-state index contributed by atoms with van der Waals surface area (Å²) in [6, 6.07) is 9.02. The second-order valence-electron chi connectivity index (χ2n) is 3.67. The van der Waals surface area contributed by atoms with E-state index >= 15 is 0 Å². The van der Waals surface area contributed by atoms with Crippen LogP contribution in [0.25, 0.3) is 0 Å². The van der Waals surface area contributed by atoms with E-state index in [1.165, 1.54) is 24.3 Å². The van der Waals surface area contributed by atoms with Crippen molar-refractivity contribution in [2.75, 3.05) is 0 Å². The predicted molar refractivity (Wildman–Crippen MR) is 75.4 cm³/mol. The molecule has 0 fully saturated rings. The molecule has 1 unspecified atom stereocenters. The minimum atomic E-state index is -1.45. The van der Waals surface area contributed by atoms with Gasteiger partial charge in [0.15, 0.2) is 5.60 Å². The summed E-state index contributed by atoms with van der Waals surface area (Å²) < 4.78 is 15.6. The van der Waals surface area contributed by atoms with E-state index in [1.807, 2.05) is 22.6 Å². The number of hydrogen-bond donors (Lipinski definition) is 1. The van der Waals surface area contributed by atoms with Crippen LogP contribution >= 0.6 is 22.6 Å². The smallest absolute Gasteiger partial charge is 0.177 e. The first-order valence-electron chi connectivity index (χ1n) is 5.18. The minimum Gasteiger partial charge on any atom is -0.369 e. The zero-order valence-corrected chi connectivity index (χ0v) is 11.4. The molecule has 0 saturated heterocycles. The average molecular weight is 353 g/mol. The Labute approximate surface area is 118 Å². The van der Waals surface area contributed by atoms with Crippen LogP contribution in [0.5, 0.6) is 0 Å². The molecule has 1 atom stereocenters. The van der Waals surface area contributed by atoms with Crippen molar-refractivity contribution in [2.45, 2.75) is 5.60 Å². The predicted octanol–water partition coefficient (Wildman–Crippen LogP) is 2.85. The fourth-order valence-corrected chi connectivity index (χ4v) is 2.05. The third-order valence-corrected chi connectivity index (χ3v) is 2.86. The van der Waals surface area contributed by atoms with Crippen LogP contribution in [0, 0.1) is 15.7 Å². The Bertz CT molecular complexity index is 589. The number of pyridine rings is 1. The van der Waals surface area contributed by atoms with Crippen molar-refractivity contribution >= 4 is 22.6 Å². The van der Waals surface area contributed by atoms with Gasteiger partial charge in [0, 0.05) is 46.1 Å². The van der Waals surface area contributed by atoms with Crippen molar-refractivity contribution < 1.29 is 9.50 Å². The molecule has 90 valence electrons. The molecule has 0 saturated carbocycles. The molecule has 0 spiro atoms. The Morgan fingerprint density at radius 2 is 1.61 bits per heavy atom. The molecule has 18 heavy (non-hydrogen) atoms. The topological polar surface area (TPSA) is 33.1 Å². The summed E-state index contributed by atoms with van der Waals surface area (Å²) in [6.45, 7) is 0.